The zero-order chi connectivity index (χ0) is 18.3. The van der Waals surface area contributed by atoms with E-state index < -0.39 is 23.6 Å². The Kier molecular flexibility index (Phi) is 3.88. The largest absolute Gasteiger partial charge is 0.497 e. The van der Waals surface area contributed by atoms with Crippen LogP contribution in [0.25, 0.3) is 11.0 Å². The molecule has 2 atom stereocenters. The number of methoxy groups -OCH3 is 2. The maximum Gasteiger partial charge on any atom is 0.348 e. The van der Waals surface area contributed by atoms with E-state index in [1.165, 1.54) is 7.11 Å². The van der Waals surface area contributed by atoms with Gasteiger partial charge in [-0.15, -0.1) is 0 Å². The van der Waals surface area contributed by atoms with Gasteiger partial charge in [0.15, 0.2) is 0 Å². The van der Waals surface area contributed by atoms with Crippen molar-refractivity contribution in [3.63, 3.8) is 0 Å². The number of carbonyl (C=O) groups excluding carboxylic acids is 1. The highest BCUT2D eigenvalue weighted by Crippen LogP contribution is 2.44. The highest BCUT2D eigenvalue weighted by Gasteiger charge is 2.44. The SMILES string of the molecule is COC(=O)[C@H]1Oc2c(c(=O)oc3ccccc23)[C@H]1c1ccc(OC)cc1. The standard InChI is InChI=1S/C20H16O6/c1-23-12-9-7-11(8-10-12)15-16-17(26-18(15)20(22)24-2)13-5-3-4-6-14(13)25-19(16)21/h3-10,15,18H,1-2H3/t15-,18+/m1/s1. The molecule has 0 saturated carbocycles. The van der Waals surface area contributed by atoms with Gasteiger partial charge in [-0.3, -0.25) is 0 Å². The van der Waals surface area contributed by atoms with Crippen molar-refractivity contribution < 1.29 is 23.4 Å². The minimum atomic E-state index is -0.961. The number of ether oxygens (including phenoxy) is 3. The lowest BCUT2D eigenvalue weighted by Gasteiger charge is -2.17. The van der Waals surface area contributed by atoms with Gasteiger partial charge in [0, 0.05) is 0 Å². The normalized spacial score (nSPS) is 18.2. The van der Waals surface area contributed by atoms with Crippen LogP contribution in [0.2, 0.25) is 0 Å². The first kappa shape index (κ1) is 16.2. The van der Waals surface area contributed by atoms with Crippen LogP contribution in [0.15, 0.2) is 57.7 Å². The zero-order valence-electron chi connectivity index (χ0n) is 14.2. The summed E-state index contributed by atoms with van der Waals surface area (Å²) in [6, 6.07) is 14.2. The van der Waals surface area contributed by atoms with Crippen LogP contribution in [0.4, 0.5) is 0 Å². The van der Waals surface area contributed by atoms with Crippen molar-refractivity contribution in [1.82, 2.24) is 0 Å². The van der Waals surface area contributed by atoms with Crippen molar-refractivity contribution in [2.75, 3.05) is 14.2 Å². The number of hydrogen-bond acceptors (Lipinski definition) is 6. The van der Waals surface area contributed by atoms with Crippen LogP contribution < -0.4 is 15.1 Å². The molecule has 3 aromatic rings. The van der Waals surface area contributed by atoms with Crippen molar-refractivity contribution in [2.24, 2.45) is 0 Å². The molecule has 1 aliphatic rings. The van der Waals surface area contributed by atoms with E-state index in [1.807, 2.05) is 6.07 Å². The van der Waals surface area contributed by atoms with Crippen LogP contribution in [-0.2, 0) is 9.53 Å². The number of benzene rings is 2. The number of rotatable bonds is 3. The lowest BCUT2D eigenvalue weighted by molar-refractivity contribution is -0.148. The Bertz CT molecular complexity index is 1030. The fraction of sp³-hybridized carbons (Fsp3) is 0.200. The molecule has 0 saturated heterocycles. The van der Waals surface area contributed by atoms with E-state index in [0.717, 1.165) is 5.56 Å². The second-order valence-corrected chi connectivity index (χ2v) is 5.94. The Balaban J connectivity index is 1.95. The number of esters is 1. The lowest BCUT2D eigenvalue weighted by Crippen LogP contribution is -2.31. The molecule has 1 aromatic heterocycles. The van der Waals surface area contributed by atoms with Crippen molar-refractivity contribution in [2.45, 2.75) is 12.0 Å². The van der Waals surface area contributed by atoms with Gasteiger partial charge >= 0.3 is 11.6 Å². The van der Waals surface area contributed by atoms with Gasteiger partial charge in [0.2, 0.25) is 6.10 Å². The molecule has 0 fully saturated rings. The molecule has 0 bridgehead atoms. The molecular weight excluding hydrogens is 336 g/mol. The van der Waals surface area contributed by atoms with Crippen molar-refractivity contribution in [3.05, 3.63) is 70.1 Å². The third kappa shape index (κ3) is 2.42. The molecule has 0 spiro atoms. The summed E-state index contributed by atoms with van der Waals surface area (Å²) in [6.45, 7) is 0. The Morgan fingerprint density at radius 2 is 1.77 bits per heavy atom. The van der Waals surface area contributed by atoms with Gasteiger partial charge in [-0.2, -0.15) is 0 Å². The second-order valence-electron chi connectivity index (χ2n) is 5.94. The molecule has 0 unspecified atom stereocenters. The monoisotopic (exact) mass is 352 g/mol. The molecule has 0 aliphatic carbocycles. The average Bonchev–Trinajstić information content (AvgIpc) is 3.09. The van der Waals surface area contributed by atoms with Crippen LogP contribution in [0.1, 0.15) is 17.0 Å². The van der Waals surface area contributed by atoms with Gasteiger partial charge in [-0.25, -0.2) is 9.59 Å². The first-order chi connectivity index (χ1) is 12.6. The molecule has 0 N–H and O–H groups in total. The zero-order valence-corrected chi connectivity index (χ0v) is 14.2. The lowest BCUT2D eigenvalue weighted by atomic mass is 9.88. The highest BCUT2D eigenvalue weighted by atomic mass is 16.6. The molecule has 0 radical (unpaired) electrons. The Hall–Kier alpha value is -3.28. The minimum Gasteiger partial charge on any atom is -0.497 e. The van der Waals surface area contributed by atoms with Crippen molar-refractivity contribution in [1.29, 1.82) is 0 Å². The van der Waals surface area contributed by atoms with Crippen LogP contribution in [0.5, 0.6) is 11.5 Å². The maximum atomic E-state index is 12.7. The van der Waals surface area contributed by atoms with Gasteiger partial charge in [0.25, 0.3) is 0 Å². The molecule has 132 valence electrons. The topological polar surface area (TPSA) is 75.0 Å². The van der Waals surface area contributed by atoms with Gasteiger partial charge in [0.05, 0.1) is 31.1 Å². The predicted octanol–water partition coefficient (Wildman–Crippen LogP) is 2.87. The predicted molar refractivity (Wildman–Crippen MR) is 93.8 cm³/mol. The molecule has 0 amide bonds. The van der Waals surface area contributed by atoms with Crippen LogP contribution in [0, 0.1) is 0 Å². The molecule has 2 aromatic carbocycles. The van der Waals surface area contributed by atoms with Gasteiger partial charge in [-0.1, -0.05) is 24.3 Å². The van der Waals surface area contributed by atoms with Gasteiger partial charge < -0.3 is 18.6 Å². The molecule has 6 nitrogen and oxygen atoms in total. The maximum absolute atomic E-state index is 12.7. The molecule has 6 heteroatoms. The quantitative estimate of drug-likeness (QED) is 0.533. The van der Waals surface area contributed by atoms with Crippen LogP contribution >= 0.6 is 0 Å². The Morgan fingerprint density at radius 3 is 2.46 bits per heavy atom. The molecule has 26 heavy (non-hydrogen) atoms. The average molecular weight is 352 g/mol. The number of hydrogen-bond donors (Lipinski definition) is 0. The van der Waals surface area contributed by atoms with E-state index in [-0.39, 0.29) is 0 Å². The van der Waals surface area contributed by atoms with Crippen molar-refractivity contribution >= 4 is 16.9 Å². The van der Waals surface area contributed by atoms with Gasteiger partial charge in [-0.05, 0) is 29.8 Å². The summed E-state index contributed by atoms with van der Waals surface area (Å²) in [5.41, 5.74) is 0.952. The molecule has 2 heterocycles. The number of fused-ring (bicyclic) bond motifs is 3. The van der Waals surface area contributed by atoms with Crippen LogP contribution in [-0.4, -0.2) is 26.3 Å². The van der Waals surface area contributed by atoms with E-state index in [2.05, 4.69) is 0 Å². The smallest absolute Gasteiger partial charge is 0.348 e. The first-order valence-corrected chi connectivity index (χ1v) is 8.08. The molecular formula is C20H16O6. The van der Waals surface area contributed by atoms with Crippen LogP contribution in [0.3, 0.4) is 0 Å². The number of para-hydroxylation sites is 1. The first-order valence-electron chi connectivity index (χ1n) is 8.08. The van der Waals surface area contributed by atoms with E-state index in [1.54, 1.807) is 49.6 Å². The van der Waals surface area contributed by atoms with E-state index in [4.69, 9.17) is 18.6 Å². The summed E-state index contributed by atoms with van der Waals surface area (Å²) >= 11 is 0. The second kappa shape index (κ2) is 6.22. The van der Waals surface area contributed by atoms with E-state index in [9.17, 15) is 9.59 Å². The summed E-state index contributed by atoms with van der Waals surface area (Å²) in [6.07, 6.45) is -0.961. The summed E-state index contributed by atoms with van der Waals surface area (Å²) in [7, 11) is 2.86. The summed E-state index contributed by atoms with van der Waals surface area (Å²) in [5, 5.41) is 0.645. The fourth-order valence-electron chi connectivity index (χ4n) is 3.33. The molecule has 1 aliphatic heterocycles. The van der Waals surface area contributed by atoms with Crippen molar-refractivity contribution in [3.8, 4) is 11.5 Å². The minimum absolute atomic E-state index is 0.323. The van der Waals surface area contributed by atoms with E-state index in [0.29, 0.717) is 28.0 Å². The van der Waals surface area contributed by atoms with E-state index >= 15 is 0 Å². The summed E-state index contributed by atoms with van der Waals surface area (Å²) < 4.78 is 21.4. The third-order valence-corrected chi connectivity index (χ3v) is 4.57. The molecule has 4 rings (SSSR count). The highest BCUT2D eigenvalue weighted by molar-refractivity contribution is 5.88. The number of carbonyl (C=O) groups is 1. The third-order valence-electron chi connectivity index (χ3n) is 4.57. The fourth-order valence-corrected chi connectivity index (χ4v) is 3.33. The Labute approximate surface area is 148 Å². The Morgan fingerprint density at radius 1 is 1.04 bits per heavy atom. The van der Waals surface area contributed by atoms with Gasteiger partial charge in [0.1, 0.15) is 17.1 Å². The summed E-state index contributed by atoms with van der Waals surface area (Å²) in [5.74, 6) is -0.129. The summed E-state index contributed by atoms with van der Waals surface area (Å²) in [4.78, 5) is 25.0.